The first-order chi connectivity index (χ1) is 8.75. The SMILES string of the molecule is CC(Cn1cncc1C(N)C1CCOC1)C1CC1. The van der Waals surface area contributed by atoms with Gasteiger partial charge in [0.2, 0.25) is 0 Å². The third-order valence-electron chi connectivity index (χ3n) is 4.47. The monoisotopic (exact) mass is 249 g/mol. The molecular formula is C14H23N3O. The summed E-state index contributed by atoms with van der Waals surface area (Å²) in [5.41, 5.74) is 7.55. The van der Waals surface area contributed by atoms with Crippen LogP contribution >= 0.6 is 0 Å². The van der Waals surface area contributed by atoms with E-state index in [-0.39, 0.29) is 6.04 Å². The van der Waals surface area contributed by atoms with Crippen molar-refractivity contribution in [3.05, 3.63) is 18.2 Å². The standard InChI is InChI=1S/C14H23N3O/c1-10(11-2-3-11)7-17-9-16-6-13(17)14(15)12-4-5-18-8-12/h6,9-12,14H,2-5,7-8,15H2,1H3. The second-order valence-electron chi connectivity index (χ2n) is 5.94. The van der Waals surface area contributed by atoms with E-state index in [1.807, 2.05) is 12.5 Å². The maximum Gasteiger partial charge on any atom is 0.0948 e. The summed E-state index contributed by atoms with van der Waals surface area (Å²) in [6, 6.07) is 0.0707. The molecule has 2 N–H and O–H groups in total. The van der Waals surface area contributed by atoms with E-state index in [0.29, 0.717) is 5.92 Å². The van der Waals surface area contributed by atoms with Crippen molar-refractivity contribution in [1.29, 1.82) is 0 Å². The molecule has 0 spiro atoms. The third kappa shape index (κ3) is 2.45. The van der Waals surface area contributed by atoms with Gasteiger partial charge in [-0.15, -0.1) is 0 Å². The van der Waals surface area contributed by atoms with E-state index in [9.17, 15) is 0 Å². The summed E-state index contributed by atoms with van der Waals surface area (Å²) < 4.78 is 7.69. The molecule has 3 rings (SSSR count). The van der Waals surface area contributed by atoms with E-state index in [2.05, 4.69) is 16.5 Å². The van der Waals surface area contributed by atoms with Crippen molar-refractivity contribution >= 4 is 0 Å². The molecule has 2 heterocycles. The van der Waals surface area contributed by atoms with Crippen LogP contribution in [0.15, 0.2) is 12.5 Å². The zero-order chi connectivity index (χ0) is 12.5. The molecule has 0 radical (unpaired) electrons. The van der Waals surface area contributed by atoms with Crippen molar-refractivity contribution in [3.63, 3.8) is 0 Å². The molecule has 4 heteroatoms. The Morgan fingerprint density at radius 3 is 2.94 bits per heavy atom. The lowest BCUT2D eigenvalue weighted by molar-refractivity contribution is 0.180. The molecule has 1 saturated carbocycles. The van der Waals surface area contributed by atoms with Gasteiger partial charge in [0.15, 0.2) is 0 Å². The number of rotatable bonds is 5. The number of imidazole rings is 1. The molecule has 18 heavy (non-hydrogen) atoms. The minimum atomic E-state index is 0.0707. The molecule has 1 aromatic rings. The molecule has 4 nitrogen and oxygen atoms in total. The van der Waals surface area contributed by atoms with E-state index < -0.39 is 0 Å². The highest BCUT2D eigenvalue weighted by molar-refractivity contribution is 5.07. The van der Waals surface area contributed by atoms with Crippen LogP contribution in [0.1, 0.15) is 37.9 Å². The number of nitrogens with two attached hydrogens (primary N) is 1. The van der Waals surface area contributed by atoms with Crippen LogP contribution in [0.2, 0.25) is 0 Å². The van der Waals surface area contributed by atoms with E-state index in [1.54, 1.807) is 0 Å². The Bertz CT molecular complexity index is 393. The zero-order valence-corrected chi connectivity index (χ0v) is 11.1. The zero-order valence-electron chi connectivity index (χ0n) is 11.1. The first kappa shape index (κ1) is 12.2. The lowest BCUT2D eigenvalue weighted by atomic mass is 9.97. The molecule has 3 unspecified atom stereocenters. The Labute approximate surface area is 109 Å². The fourth-order valence-electron chi connectivity index (χ4n) is 2.96. The van der Waals surface area contributed by atoms with Crippen molar-refractivity contribution in [2.45, 2.75) is 38.8 Å². The van der Waals surface area contributed by atoms with Gasteiger partial charge in [0.25, 0.3) is 0 Å². The van der Waals surface area contributed by atoms with Crippen molar-refractivity contribution in [1.82, 2.24) is 9.55 Å². The number of ether oxygens (including phenoxy) is 1. The van der Waals surface area contributed by atoms with Gasteiger partial charge in [0.1, 0.15) is 0 Å². The van der Waals surface area contributed by atoms with E-state index in [0.717, 1.165) is 38.0 Å². The molecule has 0 amide bonds. The molecule has 2 aliphatic rings. The lowest BCUT2D eigenvalue weighted by Gasteiger charge is -2.21. The summed E-state index contributed by atoms with van der Waals surface area (Å²) in [7, 11) is 0. The van der Waals surface area contributed by atoms with Gasteiger partial charge in [-0.1, -0.05) is 6.92 Å². The normalized spacial score (nSPS) is 27.3. The third-order valence-corrected chi connectivity index (χ3v) is 4.47. The van der Waals surface area contributed by atoms with E-state index in [1.165, 1.54) is 18.5 Å². The summed E-state index contributed by atoms with van der Waals surface area (Å²) in [4.78, 5) is 4.29. The van der Waals surface area contributed by atoms with Gasteiger partial charge in [-0.2, -0.15) is 0 Å². The van der Waals surface area contributed by atoms with Crippen LogP contribution in [0.3, 0.4) is 0 Å². The summed E-state index contributed by atoms with van der Waals surface area (Å²) in [5, 5.41) is 0. The second-order valence-corrected chi connectivity index (χ2v) is 5.94. The Kier molecular flexibility index (Phi) is 3.39. The van der Waals surface area contributed by atoms with E-state index >= 15 is 0 Å². The van der Waals surface area contributed by atoms with Crippen molar-refractivity contribution in [2.24, 2.45) is 23.5 Å². The van der Waals surface area contributed by atoms with E-state index in [4.69, 9.17) is 10.5 Å². The quantitative estimate of drug-likeness (QED) is 0.868. The average Bonchev–Trinajstić information content (AvgIpc) is 2.90. The van der Waals surface area contributed by atoms with Crippen molar-refractivity contribution in [2.75, 3.05) is 13.2 Å². The Hall–Kier alpha value is -0.870. The topological polar surface area (TPSA) is 53.1 Å². The predicted octanol–water partition coefficient (Wildman–Crippen LogP) is 1.97. The molecule has 1 aliphatic carbocycles. The van der Waals surface area contributed by atoms with Gasteiger partial charge < -0.3 is 15.0 Å². The van der Waals surface area contributed by atoms with Gasteiger partial charge in [-0.05, 0) is 31.1 Å². The van der Waals surface area contributed by atoms with Crippen LogP contribution in [0.4, 0.5) is 0 Å². The summed E-state index contributed by atoms with van der Waals surface area (Å²) in [6.07, 6.45) is 7.73. The number of hydrogen-bond acceptors (Lipinski definition) is 3. The van der Waals surface area contributed by atoms with Crippen molar-refractivity contribution in [3.8, 4) is 0 Å². The van der Waals surface area contributed by atoms with Gasteiger partial charge in [0.05, 0.1) is 24.7 Å². The highest BCUT2D eigenvalue weighted by Gasteiger charge is 2.30. The Morgan fingerprint density at radius 2 is 2.28 bits per heavy atom. The van der Waals surface area contributed by atoms with Crippen LogP contribution in [-0.2, 0) is 11.3 Å². The van der Waals surface area contributed by atoms with Gasteiger partial charge in [0, 0.05) is 25.3 Å². The van der Waals surface area contributed by atoms with Crippen molar-refractivity contribution < 1.29 is 4.74 Å². The van der Waals surface area contributed by atoms with Gasteiger partial charge in [-0.25, -0.2) is 4.98 Å². The minimum Gasteiger partial charge on any atom is -0.381 e. The maximum atomic E-state index is 6.37. The molecule has 0 aromatic carbocycles. The molecule has 0 bridgehead atoms. The average molecular weight is 249 g/mol. The molecule has 1 aromatic heterocycles. The number of aromatic nitrogens is 2. The number of nitrogens with zero attached hydrogens (tertiary/aromatic N) is 2. The Morgan fingerprint density at radius 1 is 1.44 bits per heavy atom. The highest BCUT2D eigenvalue weighted by Crippen LogP contribution is 2.37. The smallest absolute Gasteiger partial charge is 0.0948 e. The molecular weight excluding hydrogens is 226 g/mol. The molecule has 100 valence electrons. The van der Waals surface area contributed by atoms with Crippen LogP contribution in [0.5, 0.6) is 0 Å². The van der Waals surface area contributed by atoms with Gasteiger partial charge >= 0.3 is 0 Å². The lowest BCUT2D eigenvalue weighted by Crippen LogP contribution is -2.25. The molecule has 1 aliphatic heterocycles. The van der Waals surface area contributed by atoms with Crippen LogP contribution in [0.25, 0.3) is 0 Å². The summed E-state index contributed by atoms with van der Waals surface area (Å²) in [5.74, 6) is 2.12. The van der Waals surface area contributed by atoms with Crippen LogP contribution < -0.4 is 5.73 Å². The maximum absolute atomic E-state index is 6.37. The summed E-state index contributed by atoms with van der Waals surface area (Å²) in [6.45, 7) is 5.04. The van der Waals surface area contributed by atoms with Gasteiger partial charge in [-0.3, -0.25) is 0 Å². The summed E-state index contributed by atoms with van der Waals surface area (Å²) >= 11 is 0. The first-order valence-electron chi connectivity index (χ1n) is 7.09. The second kappa shape index (κ2) is 5.02. The molecule has 2 fully saturated rings. The van der Waals surface area contributed by atoms with Crippen LogP contribution in [-0.4, -0.2) is 22.8 Å². The van der Waals surface area contributed by atoms with Crippen LogP contribution in [0, 0.1) is 17.8 Å². The predicted molar refractivity (Wildman–Crippen MR) is 70.0 cm³/mol. The number of hydrogen-bond donors (Lipinski definition) is 1. The highest BCUT2D eigenvalue weighted by atomic mass is 16.5. The molecule has 1 saturated heterocycles. The first-order valence-corrected chi connectivity index (χ1v) is 7.09. The Balaban J connectivity index is 1.69. The molecule has 3 atom stereocenters. The minimum absolute atomic E-state index is 0.0707. The fraction of sp³-hybridized carbons (Fsp3) is 0.786. The largest absolute Gasteiger partial charge is 0.381 e. The fourth-order valence-corrected chi connectivity index (χ4v) is 2.96.